The van der Waals surface area contributed by atoms with E-state index in [1.54, 1.807) is 36.4 Å². The number of carboxylic acid groups (broad SMARTS) is 1. The van der Waals surface area contributed by atoms with Crippen molar-refractivity contribution in [1.82, 2.24) is 0 Å². The Labute approximate surface area is 129 Å². The molecule has 0 bridgehead atoms. The van der Waals surface area contributed by atoms with Gasteiger partial charge >= 0.3 is 29.6 Å². The molecule has 0 saturated heterocycles. The van der Waals surface area contributed by atoms with Gasteiger partial charge in [0.15, 0.2) is 0 Å². The minimum absolute atomic E-state index is 0. The molecule has 0 amide bonds. The summed E-state index contributed by atoms with van der Waals surface area (Å²) in [4.78, 5) is 11.3. The Morgan fingerprint density at radius 2 is 2.00 bits per heavy atom. The third kappa shape index (κ3) is 2.86. The van der Waals surface area contributed by atoms with Gasteiger partial charge in [0.05, 0.1) is 5.97 Å². The molecule has 0 aliphatic heterocycles. The molecule has 0 radical (unpaired) electrons. The summed E-state index contributed by atoms with van der Waals surface area (Å²) in [6.45, 7) is 0. The van der Waals surface area contributed by atoms with Crippen LogP contribution in [-0.2, 0) is 10.4 Å². The molecule has 2 unspecified atom stereocenters. The molecule has 2 atom stereocenters. The molecule has 1 aromatic carbocycles. The van der Waals surface area contributed by atoms with Gasteiger partial charge in [-0.1, -0.05) is 42.5 Å². The molecule has 0 aromatic heterocycles. The predicted octanol–water partition coefficient (Wildman–Crippen LogP) is -2.02. The zero-order chi connectivity index (χ0) is 12.3. The average Bonchev–Trinajstić information content (AvgIpc) is 2.39. The van der Waals surface area contributed by atoms with Gasteiger partial charge in [-0.2, -0.15) is 0 Å². The summed E-state index contributed by atoms with van der Waals surface area (Å²) in [5, 5.41) is 21.8. The Bertz CT molecular complexity index is 430. The van der Waals surface area contributed by atoms with Crippen LogP contribution in [0.4, 0.5) is 0 Å². The molecule has 1 N–H and O–H groups in total. The van der Waals surface area contributed by atoms with Gasteiger partial charge in [-0.15, -0.1) is 0 Å². The minimum Gasteiger partial charge on any atom is -0.547 e. The second kappa shape index (κ2) is 6.53. The number of aliphatic carboxylic acids is 1. The second-order valence-electron chi connectivity index (χ2n) is 4.39. The number of allylic oxidation sites excluding steroid dienone is 1. The van der Waals surface area contributed by atoms with Crippen molar-refractivity contribution in [3.05, 3.63) is 48.0 Å². The van der Waals surface area contributed by atoms with Crippen molar-refractivity contribution >= 4 is 5.97 Å². The third-order valence-corrected chi connectivity index (χ3v) is 3.32. The van der Waals surface area contributed by atoms with Crippen LogP contribution in [-0.4, -0.2) is 11.1 Å². The van der Waals surface area contributed by atoms with Crippen LogP contribution in [0.15, 0.2) is 42.5 Å². The Morgan fingerprint density at radius 1 is 1.33 bits per heavy atom. The number of rotatable bonds is 3. The van der Waals surface area contributed by atoms with E-state index >= 15 is 0 Å². The van der Waals surface area contributed by atoms with E-state index in [1.165, 1.54) is 0 Å². The number of carboxylic acids is 1. The molecule has 90 valence electrons. The van der Waals surface area contributed by atoms with Crippen molar-refractivity contribution < 1.29 is 44.6 Å². The van der Waals surface area contributed by atoms with Gasteiger partial charge in [-0.3, -0.25) is 0 Å². The van der Waals surface area contributed by atoms with E-state index in [-0.39, 0.29) is 29.6 Å². The smallest absolute Gasteiger partial charge is 0.547 e. The summed E-state index contributed by atoms with van der Waals surface area (Å²) < 4.78 is 0. The summed E-state index contributed by atoms with van der Waals surface area (Å²) in [6, 6.07) is 8.47. The maximum absolute atomic E-state index is 11.3. The molecule has 0 fully saturated rings. The zero-order valence-electron chi connectivity index (χ0n) is 10.5. The van der Waals surface area contributed by atoms with E-state index in [0.717, 1.165) is 12.8 Å². The first-order valence-corrected chi connectivity index (χ1v) is 5.81. The van der Waals surface area contributed by atoms with Gasteiger partial charge in [0.1, 0.15) is 5.60 Å². The first kappa shape index (κ1) is 15.4. The van der Waals surface area contributed by atoms with E-state index in [9.17, 15) is 15.0 Å². The zero-order valence-corrected chi connectivity index (χ0v) is 12.5. The largest absolute Gasteiger partial charge is 1.00 e. The number of carbonyl (C=O) groups is 1. The van der Waals surface area contributed by atoms with Crippen LogP contribution in [0.5, 0.6) is 0 Å². The van der Waals surface area contributed by atoms with Crippen LogP contribution < -0.4 is 34.7 Å². The maximum atomic E-state index is 11.3. The summed E-state index contributed by atoms with van der Waals surface area (Å²) in [7, 11) is 0. The molecule has 0 spiro atoms. The van der Waals surface area contributed by atoms with Gasteiger partial charge in [0.2, 0.25) is 0 Å². The van der Waals surface area contributed by atoms with Gasteiger partial charge in [0, 0.05) is 5.92 Å². The van der Waals surface area contributed by atoms with Crippen molar-refractivity contribution in [1.29, 1.82) is 0 Å². The van der Waals surface area contributed by atoms with E-state index < -0.39 is 17.5 Å². The quantitative estimate of drug-likeness (QED) is 0.500. The monoisotopic (exact) mass is 254 g/mol. The average molecular weight is 254 g/mol. The molecule has 1 aliphatic rings. The number of benzene rings is 1. The van der Waals surface area contributed by atoms with Crippen molar-refractivity contribution in [3.63, 3.8) is 0 Å². The van der Waals surface area contributed by atoms with E-state index in [1.807, 2.05) is 6.08 Å². The molecular formula is C14H15NaO3. The van der Waals surface area contributed by atoms with Crippen molar-refractivity contribution in [2.45, 2.75) is 24.9 Å². The molecule has 3 nitrogen and oxygen atoms in total. The molecule has 0 saturated carbocycles. The van der Waals surface area contributed by atoms with Crippen LogP contribution in [0.25, 0.3) is 0 Å². The molecule has 0 heterocycles. The molecule has 2 rings (SSSR count). The van der Waals surface area contributed by atoms with E-state index in [4.69, 9.17) is 0 Å². The molecular weight excluding hydrogens is 239 g/mol. The number of carbonyl (C=O) groups excluding carboxylic acids is 1. The van der Waals surface area contributed by atoms with Crippen LogP contribution in [0.1, 0.15) is 24.8 Å². The standard InChI is InChI=1S/C14H16O3.Na/c15-13(16)14(17,11-7-3-1-4-8-11)12-9-5-2-6-10-12;/h1,3-5,7-9,12,17H,2,6,10H2,(H,15,16);/q;+1/p-1. The van der Waals surface area contributed by atoms with Gasteiger partial charge in [-0.05, 0) is 24.8 Å². The maximum Gasteiger partial charge on any atom is 1.00 e. The SMILES string of the molecule is O=C([O-])C(O)(c1ccccc1)C1C=CCCC1.[Na+]. The first-order chi connectivity index (χ1) is 8.15. The van der Waals surface area contributed by atoms with Crippen molar-refractivity contribution in [2.24, 2.45) is 5.92 Å². The van der Waals surface area contributed by atoms with Gasteiger partial charge in [0.25, 0.3) is 0 Å². The number of aliphatic hydroxyl groups is 1. The fraction of sp³-hybridized carbons (Fsp3) is 0.357. The van der Waals surface area contributed by atoms with Gasteiger partial charge in [-0.25, -0.2) is 0 Å². The van der Waals surface area contributed by atoms with E-state index in [2.05, 4.69) is 0 Å². The van der Waals surface area contributed by atoms with Crippen LogP contribution in [0, 0.1) is 5.92 Å². The van der Waals surface area contributed by atoms with Crippen molar-refractivity contribution in [3.8, 4) is 0 Å². The third-order valence-electron chi connectivity index (χ3n) is 3.32. The Morgan fingerprint density at radius 3 is 2.50 bits per heavy atom. The Hall–Kier alpha value is -0.610. The molecule has 4 heteroatoms. The predicted molar refractivity (Wildman–Crippen MR) is 61.8 cm³/mol. The fourth-order valence-corrected chi connectivity index (χ4v) is 2.34. The molecule has 1 aliphatic carbocycles. The van der Waals surface area contributed by atoms with Crippen LogP contribution in [0.3, 0.4) is 0 Å². The Balaban J connectivity index is 0.00000162. The van der Waals surface area contributed by atoms with Crippen molar-refractivity contribution in [2.75, 3.05) is 0 Å². The summed E-state index contributed by atoms with van der Waals surface area (Å²) >= 11 is 0. The molecule has 1 aromatic rings. The number of hydrogen-bond donors (Lipinski definition) is 1. The fourth-order valence-electron chi connectivity index (χ4n) is 2.34. The first-order valence-electron chi connectivity index (χ1n) is 5.81. The second-order valence-corrected chi connectivity index (χ2v) is 4.39. The van der Waals surface area contributed by atoms with Crippen LogP contribution in [0.2, 0.25) is 0 Å². The Kier molecular flexibility index (Phi) is 5.60. The molecule has 18 heavy (non-hydrogen) atoms. The van der Waals surface area contributed by atoms with Gasteiger partial charge < -0.3 is 15.0 Å². The summed E-state index contributed by atoms with van der Waals surface area (Å²) in [6.07, 6.45) is 6.20. The van der Waals surface area contributed by atoms with Crippen LogP contribution >= 0.6 is 0 Å². The van der Waals surface area contributed by atoms with E-state index in [0.29, 0.717) is 12.0 Å². The summed E-state index contributed by atoms with van der Waals surface area (Å²) in [5.74, 6) is -1.84. The number of hydrogen-bond acceptors (Lipinski definition) is 3. The normalized spacial score (nSPS) is 21.7. The summed E-state index contributed by atoms with van der Waals surface area (Å²) in [5.41, 5.74) is -1.53. The topological polar surface area (TPSA) is 60.4 Å². The minimum atomic E-state index is -1.92.